The highest BCUT2D eigenvalue weighted by atomic mass is 16.3. The number of furan rings is 1. The molecule has 1 heterocycles. The maximum absolute atomic E-state index is 5.93. The summed E-state index contributed by atoms with van der Waals surface area (Å²) in [5, 5.41) is 4.53. The number of fused-ring (bicyclic) bond motifs is 1. The summed E-state index contributed by atoms with van der Waals surface area (Å²) < 4.78 is 5.93. The van der Waals surface area contributed by atoms with E-state index in [4.69, 9.17) is 4.42 Å². The van der Waals surface area contributed by atoms with Gasteiger partial charge in [-0.05, 0) is 42.3 Å². The molecule has 0 fully saturated rings. The van der Waals surface area contributed by atoms with Crippen molar-refractivity contribution in [2.45, 2.75) is 20.4 Å². The normalized spacial score (nSPS) is 11.1. The van der Waals surface area contributed by atoms with Crippen LogP contribution in [-0.2, 0) is 6.54 Å². The van der Waals surface area contributed by atoms with Crippen LogP contribution in [-0.4, -0.2) is 6.54 Å². The molecule has 0 aliphatic rings. The standard InChI is InChI=1S/C18H19NO/c1-3-19-12-18-13(2)16-11-15(9-10-17(16)20-18)14-7-5-4-6-8-14/h4-11,19H,3,12H2,1-2H3. The molecule has 3 aromatic rings. The molecule has 0 saturated carbocycles. The molecule has 0 unspecified atom stereocenters. The number of aryl methyl sites for hydroxylation is 1. The molecule has 0 saturated heterocycles. The Labute approximate surface area is 119 Å². The number of hydrogen-bond acceptors (Lipinski definition) is 2. The van der Waals surface area contributed by atoms with Gasteiger partial charge in [-0.1, -0.05) is 43.3 Å². The van der Waals surface area contributed by atoms with E-state index in [2.05, 4.69) is 61.6 Å². The van der Waals surface area contributed by atoms with Crippen molar-refractivity contribution in [2.75, 3.05) is 6.54 Å². The fourth-order valence-electron chi connectivity index (χ4n) is 2.49. The Balaban J connectivity index is 2.05. The minimum Gasteiger partial charge on any atom is -0.459 e. The molecule has 0 amide bonds. The third-order valence-corrected chi connectivity index (χ3v) is 3.68. The second kappa shape index (κ2) is 5.51. The fourth-order valence-corrected chi connectivity index (χ4v) is 2.49. The van der Waals surface area contributed by atoms with Crippen molar-refractivity contribution in [3.63, 3.8) is 0 Å². The minimum absolute atomic E-state index is 0.789. The third kappa shape index (κ3) is 2.35. The predicted octanol–water partition coefficient (Wildman–Crippen LogP) is 4.52. The van der Waals surface area contributed by atoms with Crippen molar-refractivity contribution in [3.8, 4) is 11.1 Å². The second-order valence-electron chi connectivity index (χ2n) is 5.01. The molecule has 1 N–H and O–H groups in total. The van der Waals surface area contributed by atoms with Crippen molar-refractivity contribution in [3.05, 3.63) is 59.9 Å². The summed E-state index contributed by atoms with van der Waals surface area (Å²) >= 11 is 0. The molecule has 2 heteroatoms. The van der Waals surface area contributed by atoms with Gasteiger partial charge in [-0.15, -0.1) is 0 Å². The van der Waals surface area contributed by atoms with E-state index in [9.17, 15) is 0 Å². The Kier molecular flexibility index (Phi) is 3.57. The average molecular weight is 265 g/mol. The lowest BCUT2D eigenvalue weighted by Gasteiger charge is -2.01. The van der Waals surface area contributed by atoms with Gasteiger partial charge in [-0.3, -0.25) is 0 Å². The van der Waals surface area contributed by atoms with Crippen LogP contribution in [0.4, 0.5) is 0 Å². The van der Waals surface area contributed by atoms with E-state index >= 15 is 0 Å². The van der Waals surface area contributed by atoms with Crippen LogP contribution in [0.2, 0.25) is 0 Å². The van der Waals surface area contributed by atoms with E-state index in [1.165, 1.54) is 22.1 Å². The monoisotopic (exact) mass is 265 g/mol. The van der Waals surface area contributed by atoms with Crippen molar-refractivity contribution in [1.82, 2.24) is 5.32 Å². The summed E-state index contributed by atoms with van der Waals surface area (Å²) in [6, 6.07) is 16.9. The van der Waals surface area contributed by atoms with Gasteiger partial charge in [0.1, 0.15) is 11.3 Å². The first-order valence-electron chi connectivity index (χ1n) is 7.07. The second-order valence-corrected chi connectivity index (χ2v) is 5.01. The van der Waals surface area contributed by atoms with Gasteiger partial charge in [-0.2, -0.15) is 0 Å². The van der Waals surface area contributed by atoms with Crippen LogP contribution in [0.3, 0.4) is 0 Å². The van der Waals surface area contributed by atoms with E-state index in [0.717, 1.165) is 24.4 Å². The molecular formula is C18H19NO. The van der Waals surface area contributed by atoms with Gasteiger partial charge in [0.15, 0.2) is 0 Å². The Hall–Kier alpha value is -2.06. The smallest absolute Gasteiger partial charge is 0.134 e. The highest BCUT2D eigenvalue weighted by Crippen LogP contribution is 2.30. The summed E-state index contributed by atoms with van der Waals surface area (Å²) in [5.41, 5.74) is 4.68. The third-order valence-electron chi connectivity index (χ3n) is 3.68. The summed E-state index contributed by atoms with van der Waals surface area (Å²) in [7, 11) is 0. The topological polar surface area (TPSA) is 25.2 Å². The molecule has 1 aromatic heterocycles. The zero-order valence-corrected chi connectivity index (χ0v) is 11.9. The van der Waals surface area contributed by atoms with Crippen LogP contribution < -0.4 is 5.32 Å². The summed E-state index contributed by atoms with van der Waals surface area (Å²) in [6.45, 7) is 5.97. The molecule has 0 spiro atoms. The number of nitrogens with one attached hydrogen (secondary N) is 1. The van der Waals surface area contributed by atoms with Crippen LogP contribution >= 0.6 is 0 Å². The number of benzene rings is 2. The van der Waals surface area contributed by atoms with Gasteiger partial charge in [-0.25, -0.2) is 0 Å². The Morgan fingerprint density at radius 2 is 1.80 bits per heavy atom. The first-order chi connectivity index (χ1) is 9.79. The average Bonchev–Trinajstić information content (AvgIpc) is 2.82. The van der Waals surface area contributed by atoms with E-state index in [1.807, 2.05) is 6.07 Å². The SMILES string of the molecule is CCNCc1oc2ccc(-c3ccccc3)cc2c1C. The largest absolute Gasteiger partial charge is 0.459 e. The van der Waals surface area contributed by atoms with Crippen molar-refractivity contribution < 1.29 is 4.42 Å². The number of rotatable bonds is 4. The van der Waals surface area contributed by atoms with Gasteiger partial charge < -0.3 is 9.73 Å². The molecule has 102 valence electrons. The van der Waals surface area contributed by atoms with Crippen LogP contribution in [0.25, 0.3) is 22.1 Å². The van der Waals surface area contributed by atoms with Crippen LogP contribution in [0, 0.1) is 6.92 Å². The Morgan fingerprint density at radius 3 is 2.55 bits per heavy atom. The van der Waals surface area contributed by atoms with Gasteiger partial charge in [0.25, 0.3) is 0 Å². The maximum Gasteiger partial charge on any atom is 0.134 e. The molecule has 0 bridgehead atoms. The summed E-state index contributed by atoms with van der Waals surface area (Å²) in [4.78, 5) is 0. The van der Waals surface area contributed by atoms with E-state index < -0.39 is 0 Å². The van der Waals surface area contributed by atoms with Crippen LogP contribution in [0.5, 0.6) is 0 Å². The lowest BCUT2D eigenvalue weighted by Crippen LogP contribution is -2.11. The maximum atomic E-state index is 5.93. The first-order valence-corrected chi connectivity index (χ1v) is 7.07. The van der Waals surface area contributed by atoms with Gasteiger partial charge in [0, 0.05) is 5.39 Å². The van der Waals surface area contributed by atoms with Crippen LogP contribution in [0.15, 0.2) is 52.9 Å². The van der Waals surface area contributed by atoms with E-state index in [1.54, 1.807) is 0 Å². The lowest BCUT2D eigenvalue weighted by molar-refractivity contribution is 0.516. The van der Waals surface area contributed by atoms with Crippen LogP contribution in [0.1, 0.15) is 18.2 Å². The predicted molar refractivity (Wildman–Crippen MR) is 83.8 cm³/mol. The van der Waals surface area contributed by atoms with Crippen molar-refractivity contribution in [2.24, 2.45) is 0 Å². The quantitative estimate of drug-likeness (QED) is 0.750. The highest BCUT2D eigenvalue weighted by molar-refractivity contribution is 5.87. The molecule has 2 nitrogen and oxygen atoms in total. The summed E-state index contributed by atoms with van der Waals surface area (Å²) in [5.74, 6) is 1.03. The summed E-state index contributed by atoms with van der Waals surface area (Å²) in [6.07, 6.45) is 0. The van der Waals surface area contributed by atoms with Gasteiger partial charge >= 0.3 is 0 Å². The molecule has 20 heavy (non-hydrogen) atoms. The lowest BCUT2D eigenvalue weighted by atomic mass is 10.0. The zero-order chi connectivity index (χ0) is 13.9. The molecule has 0 atom stereocenters. The Bertz CT molecular complexity index is 713. The van der Waals surface area contributed by atoms with Crippen molar-refractivity contribution in [1.29, 1.82) is 0 Å². The molecule has 2 aromatic carbocycles. The zero-order valence-electron chi connectivity index (χ0n) is 11.9. The van der Waals surface area contributed by atoms with Gasteiger partial charge in [0.05, 0.1) is 6.54 Å². The molecular weight excluding hydrogens is 246 g/mol. The number of hydrogen-bond donors (Lipinski definition) is 1. The molecule has 0 aliphatic carbocycles. The van der Waals surface area contributed by atoms with Crippen molar-refractivity contribution >= 4 is 11.0 Å². The van der Waals surface area contributed by atoms with E-state index in [0.29, 0.717) is 0 Å². The van der Waals surface area contributed by atoms with Gasteiger partial charge in [0.2, 0.25) is 0 Å². The fraction of sp³-hybridized carbons (Fsp3) is 0.222. The minimum atomic E-state index is 0.789. The molecule has 3 rings (SSSR count). The molecule has 0 aliphatic heterocycles. The highest BCUT2D eigenvalue weighted by Gasteiger charge is 2.10. The first kappa shape index (κ1) is 12.9. The van der Waals surface area contributed by atoms with E-state index in [-0.39, 0.29) is 0 Å². The Morgan fingerprint density at radius 1 is 1.00 bits per heavy atom. The molecule has 0 radical (unpaired) electrons.